The van der Waals surface area contributed by atoms with Gasteiger partial charge in [-0.15, -0.1) is 11.3 Å². The third-order valence-corrected chi connectivity index (χ3v) is 3.95. The molecule has 1 aliphatic rings. The molecule has 1 saturated heterocycles. The van der Waals surface area contributed by atoms with E-state index >= 15 is 0 Å². The van der Waals surface area contributed by atoms with E-state index in [2.05, 4.69) is 0 Å². The number of hydrogen-bond donors (Lipinski definition) is 1. The molecule has 1 unspecified atom stereocenters. The van der Waals surface area contributed by atoms with Gasteiger partial charge in [0.2, 0.25) is 0 Å². The first-order valence-corrected chi connectivity index (χ1v) is 6.15. The van der Waals surface area contributed by atoms with E-state index in [9.17, 15) is 0 Å². The second-order valence-corrected chi connectivity index (χ2v) is 4.78. The van der Waals surface area contributed by atoms with Crippen molar-refractivity contribution in [3.8, 4) is 5.75 Å². The molecule has 1 aromatic rings. The first kappa shape index (κ1) is 10.9. The van der Waals surface area contributed by atoms with Crippen molar-refractivity contribution in [2.75, 3.05) is 20.3 Å². The Labute approximate surface area is 94.2 Å². The van der Waals surface area contributed by atoms with Crippen molar-refractivity contribution in [1.82, 2.24) is 0 Å². The minimum absolute atomic E-state index is 0.101. The maximum atomic E-state index is 6.27. The number of ether oxygens (including phenoxy) is 2. The molecule has 0 aromatic carbocycles. The summed E-state index contributed by atoms with van der Waals surface area (Å²) in [5.41, 5.74) is 6.27. The van der Waals surface area contributed by atoms with Crippen LogP contribution in [0.1, 0.15) is 23.8 Å². The highest BCUT2D eigenvalue weighted by molar-refractivity contribution is 7.10. The van der Waals surface area contributed by atoms with Crippen molar-refractivity contribution in [3.05, 3.63) is 16.3 Å². The van der Waals surface area contributed by atoms with Crippen LogP contribution in [0.5, 0.6) is 5.75 Å². The van der Waals surface area contributed by atoms with Crippen LogP contribution in [-0.2, 0) is 4.74 Å². The molecule has 2 heterocycles. The van der Waals surface area contributed by atoms with Crippen molar-refractivity contribution >= 4 is 11.3 Å². The maximum Gasteiger partial charge on any atom is 0.134 e. The summed E-state index contributed by atoms with van der Waals surface area (Å²) in [6.07, 6.45) is 2.12. The zero-order valence-electron chi connectivity index (χ0n) is 8.94. The van der Waals surface area contributed by atoms with Crippen LogP contribution >= 0.6 is 11.3 Å². The number of hydrogen-bond acceptors (Lipinski definition) is 4. The lowest BCUT2D eigenvalue weighted by atomic mass is 9.91. The van der Waals surface area contributed by atoms with Crippen LogP contribution in [0.15, 0.2) is 11.4 Å². The van der Waals surface area contributed by atoms with E-state index in [1.807, 2.05) is 11.4 Å². The summed E-state index contributed by atoms with van der Waals surface area (Å²) >= 11 is 1.69. The van der Waals surface area contributed by atoms with E-state index in [-0.39, 0.29) is 6.04 Å². The number of methoxy groups -OCH3 is 1. The molecule has 1 fully saturated rings. The van der Waals surface area contributed by atoms with Crippen LogP contribution in [0.3, 0.4) is 0 Å². The van der Waals surface area contributed by atoms with Crippen LogP contribution < -0.4 is 10.5 Å². The summed E-state index contributed by atoms with van der Waals surface area (Å²) < 4.78 is 10.6. The molecule has 2 rings (SSSR count). The molecule has 1 aromatic heterocycles. The smallest absolute Gasteiger partial charge is 0.134 e. The van der Waals surface area contributed by atoms with Crippen molar-refractivity contribution in [2.24, 2.45) is 11.7 Å². The fourth-order valence-corrected chi connectivity index (χ4v) is 2.97. The Balaban J connectivity index is 2.08. The van der Waals surface area contributed by atoms with Gasteiger partial charge in [-0.1, -0.05) is 0 Å². The quantitative estimate of drug-likeness (QED) is 0.860. The standard InChI is InChI=1S/C11H17NO2S/c1-13-9-4-7-15-11(9)10(12)8-2-5-14-6-3-8/h4,7-8,10H,2-3,5-6,12H2,1H3. The first-order valence-electron chi connectivity index (χ1n) is 5.27. The first-order chi connectivity index (χ1) is 7.33. The molecule has 4 heteroatoms. The zero-order chi connectivity index (χ0) is 10.7. The van der Waals surface area contributed by atoms with E-state index in [4.69, 9.17) is 15.2 Å². The Kier molecular flexibility index (Phi) is 3.61. The van der Waals surface area contributed by atoms with E-state index in [1.165, 1.54) is 4.88 Å². The maximum absolute atomic E-state index is 6.27. The molecule has 0 saturated carbocycles. The van der Waals surface area contributed by atoms with E-state index in [0.29, 0.717) is 5.92 Å². The molecular weight excluding hydrogens is 210 g/mol. The Morgan fingerprint density at radius 2 is 2.27 bits per heavy atom. The topological polar surface area (TPSA) is 44.5 Å². The van der Waals surface area contributed by atoms with Crippen LogP contribution in [0, 0.1) is 5.92 Å². The SMILES string of the molecule is COc1ccsc1C(N)C1CCOCC1. The molecule has 1 aliphatic heterocycles. The Bertz CT molecular complexity index is 307. The van der Waals surface area contributed by atoms with Gasteiger partial charge in [0.15, 0.2) is 0 Å². The molecule has 0 bridgehead atoms. The highest BCUT2D eigenvalue weighted by Gasteiger charge is 2.25. The Morgan fingerprint density at radius 3 is 2.93 bits per heavy atom. The summed E-state index contributed by atoms with van der Waals surface area (Å²) in [5.74, 6) is 1.46. The van der Waals surface area contributed by atoms with Crippen molar-refractivity contribution in [2.45, 2.75) is 18.9 Å². The minimum atomic E-state index is 0.101. The van der Waals surface area contributed by atoms with Crippen molar-refractivity contribution in [1.29, 1.82) is 0 Å². The summed E-state index contributed by atoms with van der Waals surface area (Å²) in [6.45, 7) is 1.68. The van der Waals surface area contributed by atoms with Crippen LogP contribution in [0.4, 0.5) is 0 Å². The van der Waals surface area contributed by atoms with Gasteiger partial charge in [-0.3, -0.25) is 0 Å². The average molecular weight is 227 g/mol. The van der Waals surface area contributed by atoms with Gasteiger partial charge < -0.3 is 15.2 Å². The number of thiophene rings is 1. The highest BCUT2D eigenvalue weighted by Crippen LogP contribution is 2.36. The average Bonchev–Trinajstić information content (AvgIpc) is 2.77. The molecule has 0 amide bonds. The van der Waals surface area contributed by atoms with Crippen LogP contribution in [0.25, 0.3) is 0 Å². The normalized spacial score (nSPS) is 20.1. The molecular formula is C11H17NO2S. The molecule has 0 aliphatic carbocycles. The van der Waals surface area contributed by atoms with Crippen LogP contribution in [-0.4, -0.2) is 20.3 Å². The van der Waals surface area contributed by atoms with Gasteiger partial charge in [-0.05, 0) is 30.2 Å². The fraction of sp³-hybridized carbons (Fsp3) is 0.636. The molecule has 0 spiro atoms. The lowest BCUT2D eigenvalue weighted by Gasteiger charge is -2.27. The Morgan fingerprint density at radius 1 is 1.53 bits per heavy atom. The van der Waals surface area contributed by atoms with Gasteiger partial charge in [0.25, 0.3) is 0 Å². The second kappa shape index (κ2) is 4.96. The molecule has 84 valence electrons. The minimum Gasteiger partial charge on any atom is -0.496 e. The van der Waals surface area contributed by atoms with E-state index in [0.717, 1.165) is 31.8 Å². The predicted molar refractivity (Wildman–Crippen MR) is 61.3 cm³/mol. The predicted octanol–water partition coefficient (Wildman–Crippen LogP) is 2.18. The molecule has 3 nitrogen and oxygen atoms in total. The lowest BCUT2D eigenvalue weighted by molar-refractivity contribution is 0.0585. The summed E-state index contributed by atoms with van der Waals surface area (Å²) in [5, 5.41) is 2.04. The van der Waals surface area contributed by atoms with Crippen LogP contribution in [0.2, 0.25) is 0 Å². The second-order valence-electron chi connectivity index (χ2n) is 3.83. The van der Waals surface area contributed by atoms with Gasteiger partial charge in [-0.25, -0.2) is 0 Å². The molecule has 2 N–H and O–H groups in total. The number of rotatable bonds is 3. The highest BCUT2D eigenvalue weighted by atomic mass is 32.1. The van der Waals surface area contributed by atoms with Gasteiger partial charge in [0.1, 0.15) is 5.75 Å². The van der Waals surface area contributed by atoms with Crippen molar-refractivity contribution < 1.29 is 9.47 Å². The van der Waals surface area contributed by atoms with E-state index in [1.54, 1.807) is 18.4 Å². The monoisotopic (exact) mass is 227 g/mol. The third kappa shape index (κ3) is 2.33. The molecule has 0 radical (unpaired) electrons. The fourth-order valence-electron chi connectivity index (χ4n) is 2.01. The van der Waals surface area contributed by atoms with Gasteiger partial charge in [0.05, 0.1) is 12.0 Å². The molecule has 1 atom stereocenters. The summed E-state index contributed by atoms with van der Waals surface area (Å²) in [4.78, 5) is 1.17. The van der Waals surface area contributed by atoms with Crippen molar-refractivity contribution in [3.63, 3.8) is 0 Å². The van der Waals surface area contributed by atoms with E-state index < -0.39 is 0 Å². The van der Waals surface area contributed by atoms with Gasteiger partial charge >= 0.3 is 0 Å². The summed E-state index contributed by atoms with van der Waals surface area (Å²) in [7, 11) is 1.70. The lowest BCUT2D eigenvalue weighted by Crippen LogP contribution is -2.27. The number of nitrogens with two attached hydrogens (primary N) is 1. The third-order valence-electron chi connectivity index (χ3n) is 2.95. The zero-order valence-corrected chi connectivity index (χ0v) is 9.76. The largest absolute Gasteiger partial charge is 0.496 e. The summed E-state index contributed by atoms with van der Waals surface area (Å²) in [6, 6.07) is 2.09. The molecule has 15 heavy (non-hydrogen) atoms. The van der Waals surface area contributed by atoms with Gasteiger partial charge in [0, 0.05) is 19.3 Å². The Hall–Kier alpha value is -0.580. The van der Waals surface area contributed by atoms with Gasteiger partial charge in [-0.2, -0.15) is 0 Å².